The minimum Gasteiger partial charge on any atom is -0.387 e. The van der Waals surface area contributed by atoms with Crippen molar-refractivity contribution in [2.75, 3.05) is 29.9 Å². The van der Waals surface area contributed by atoms with Gasteiger partial charge in [0.25, 0.3) is 0 Å². The van der Waals surface area contributed by atoms with Crippen molar-refractivity contribution in [2.24, 2.45) is 0 Å². The molecule has 23 heavy (non-hydrogen) atoms. The van der Waals surface area contributed by atoms with Gasteiger partial charge in [0.2, 0.25) is 0 Å². The third-order valence-corrected chi connectivity index (χ3v) is 4.42. The number of anilines is 2. The molecule has 2 N–H and O–H groups in total. The van der Waals surface area contributed by atoms with Gasteiger partial charge in [0.05, 0.1) is 6.10 Å². The molecule has 0 bridgehead atoms. The first-order valence-electron chi connectivity index (χ1n) is 7.97. The van der Waals surface area contributed by atoms with Gasteiger partial charge in [0.1, 0.15) is 18.0 Å². The maximum atomic E-state index is 10.3. The number of aliphatic hydroxyl groups is 1. The molecule has 5 nitrogen and oxygen atoms in total. The van der Waals surface area contributed by atoms with Crippen molar-refractivity contribution in [3.8, 4) is 0 Å². The maximum Gasteiger partial charge on any atom is 0.134 e. The highest BCUT2D eigenvalue weighted by Crippen LogP contribution is 2.23. The summed E-state index contributed by atoms with van der Waals surface area (Å²) in [6.07, 6.45) is 4.58. The van der Waals surface area contributed by atoms with Gasteiger partial charge in [-0.3, -0.25) is 0 Å². The number of halogens is 1. The predicted molar refractivity (Wildman–Crippen MR) is 93.0 cm³/mol. The predicted octanol–water partition coefficient (Wildman–Crippen LogP) is 3.27. The van der Waals surface area contributed by atoms with Gasteiger partial charge in [-0.1, -0.05) is 29.8 Å². The van der Waals surface area contributed by atoms with Crippen molar-refractivity contribution in [3.05, 3.63) is 47.2 Å². The number of rotatable bonds is 5. The molecule has 0 aliphatic carbocycles. The largest absolute Gasteiger partial charge is 0.387 e. The molecule has 1 unspecified atom stereocenters. The molecule has 1 aliphatic rings. The highest BCUT2D eigenvalue weighted by Gasteiger charge is 2.14. The molecule has 1 aromatic heterocycles. The van der Waals surface area contributed by atoms with Crippen LogP contribution >= 0.6 is 11.6 Å². The molecule has 1 aliphatic heterocycles. The quantitative estimate of drug-likeness (QED) is 0.880. The van der Waals surface area contributed by atoms with E-state index in [1.165, 1.54) is 19.3 Å². The van der Waals surface area contributed by atoms with E-state index in [0.29, 0.717) is 22.9 Å². The summed E-state index contributed by atoms with van der Waals surface area (Å²) in [6.45, 7) is 2.43. The zero-order chi connectivity index (χ0) is 16.1. The molecule has 2 aromatic rings. The summed E-state index contributed by atoms with van der Waals surface area (Å²) >= 11 is 6.11. The third kappa shape index (κ3) is 4.12. The smallest absolute Gasteiger partial charge is 0.134 e. The molecule has 1 aromatic carbocycles. The van der Waals surface area contributed by atoms with Gasteiger partial charge in [0.15, 0.2) is 0 Å². The Bertz CT molecular complexity index is 646. The average molecular weight is 333 g/mol. The summed E-state index contributed by atoms with van der Waals surface area (Å²) in [7, 11) is 0. The Balaban J connectivity index is 1.63. The monoisotopic (exact) mass is 332 g/mol. The molecular formula is C17H21ClN4O. The number of aliphatic hydroxyl groups excluding tert-OH is 1. The number of benzene rings is 1. The summed E-state index contributed by atoms with van der Waals surface area (Å²) in [6, 6.07) is 9.25. The first-order chi connectivity index (χ1) is 11.2. The van der Waals surface area contributed by atoms with Crippen molar-refractivity contribution in [1.29, 1.82) is 0 Å². The van der Waals surface area contributed by atoms with E-state index < -0.39 is 6.10 Å². The number of nitrogens with one attached hydrogen (secondary N) is 1. The lowest BCUT2D eigenvalue weighted by Crippen LogP contribution is -2.30. The van der Waals surface area contributed by atoms with Gasteiger partial charge in [-0.15, -0.1) is 0 Å². The Labute approximate surface area is 141 Å². The fourth-order valence-electron chi connectivity index (χ4n) is 2.80. The van der Waals surface area contributed by atoms with Crippen LogP contribution in [-0.4, -0.2) is 34.7 Å². The highest BCUT2D eigenvalue weighted by atomic mass is 35.5. The van der Waals surface area contributed by atoms with E-state index in [-0.39, 0.29) is 0 Å². The van der Waals surface area contributed by atoms with E-state index in [4.69, 9.17) is 11.6 Å². The Morgan fingerprint density at radius 3 is 2.74 bits per heavy atom. The van der Waals surface area contributed by atoms with Crippen LogP contribution in [0, 0.1) is 0 Å². The standard InChI is InChI=1S/C17H21ClN4O/c18-14-7-3-2-6-13(14)15(23)11-19-16-10-17(21-12-20-16)22-8-4-1-5-9-22/h2-3,6-7,10,12,15,23H,1,4-5,8-9,11H2,(H,19,20,21). The van der Waals surface area contributed by atoms with Crippen LogP contribution in [0.2, 0.25) is 5.02 Å². The van der Waals surface area contributed by atoms with Crippen molar-refractivity contribution in [2.45, 2.75) is 25.4 Å². The molecule has 2 heterocycles. The van der Waals surface area contributed by atoms with E-state index in [2.05, 4.69) is 20.2 Å². The Morgan fingerprint density at radius 1 is 1.17 bits per heavy atom. The summed E-state index contributed by atoms with van der Waals surface area (Å²) in [5, 5.41) is 14.0. The second-order valence-corrected chi connectivity index (χ2v) is 6.13. The topological polar surface area (TPSA) is 61.3 Å². The van der Waals surface area contributed by atoms with Crippen molar-refractivity contribution in [1.82, 2.24) is 9.97 Å². The van der Waals surface area contributed by atoms with Gasteiger partial charge < -0.3 is 15.3 Å². The van der Waals surface area contributed by atoms with Gasteiger partial charge in [-0.05, 0) is 25.3 Å². The number of hydrogen-bond donors (Lipinski definition) is 2. The molecule has 0 spiro atoms. The molecule has 1 fully saturated rings. The summed E-state index contributed by atoms with van der Waals surface area (Å²) in [5.74, 6) is 1.65. The molecule has 1 atom stereocenters. The van der Waals surface area contributed by atoms with Crippen LogP contribution in [0.5, 0.6) is 0 Å². The van der Waals surface area contributed by atoms with Crippen LogP contribution in [-0.2, 0) is 0 Å². The number of hydrogen-bond acceptors (Lipinski definition) is 5. The van der Waals surface area contributed by atoms with Crippen LogP contribution < -0.4 is 10.2 Å². The normalized spacial score (nSPS) is 16.2. The average Bonchev–Trinajstić information content (AvgIpc) is 2.61. The van der Waals surface area contributed by atoms with E-state index in [9.17, 15) is 5.11 Å². The molecular weight excluding hydrogens is 312 g/mol. The number of nitrogens with zero attached hydrogens (tertiary/aromatic N) is 3. The van der Waals surface area contributed by atoms with Crippen molar-refractivity contribution in [3.63, 3.8) is 0 Å². The van der Waals surface area contributed by atoms with Crippen LogP contribution in [0.3, 0.4) is 0 Å². The molecule has 0 amide bonds. The SMILES string of the molecule is OC(CNc1cc(N2CCCCC2)ncn1)c1ccccc1Cl. The van der Waals surface area contributed by atoms with Gasteiger partial charge in [0, 0.05) is 36.3 Å². The molecule has 0 saturated carbocycles. The van der Waals surface area contributed by atoms with Gasteiger partial charge in [-0.2, -0.15) is 0 Å². The van der Waals surface area contributed by atoms with E-state index in [1.54, 1.807) is 12.4 Å². The lowest BCUT2D eigenvalue weighted by Gasteiger charge is -2.27. The summed E-state index contributed by atoms with van der Waals surface area (Å²) in [5.41, 5.74) is 0.715. The van der Waals surface area contributed by atoms with Crippen LogP contribution in [0.15, 0.2) is 36.7 Å². The van der Waals surface area contributed by atoms with Crippen LogP contribution in [0.1, 0.15) is 30.9 Å². The van der Waals surface area contributed by atoms with Gasteiger partial charge in [-0.25, -0.2) is 9.97 Å². The molecule has 3 rings (SSSR count). The Hall–Kier alpha value is -1.85. The maximum absolute atomic E-state index is 10.3. The fraction of sp³-hybridized carbons (Fsp3) is 0.412. The fourth-order valence-corrected chi connectivity index (χ4v) is 3.06. The van der Waals surface area contributed by atoms with Crippen molar-refractivity contribution < 1.29 is 5.11 Å². The minimum atomic E-state index is -0.683. The van der Waals surface area contributed by atoms with E-state index in [0.717, 1.165) is 18.9 Å². The van der Waals surface area contributed by atoms with E-state index >= 15 is 0 Å². The minimum absolute atomic E-state index is 0.347. The van der Waals surface area contributed by atoms with Gasteiger partial charge >= 0.3 is 0 Å². The van der Waals surface area contributed by atoms with E-state index in [1.807, 2.05) is 24.3 Å². The molecule has 122 valence electrons. The Kier molecular flexibility index (Phi) is 5.31. The summed E-state index contributed by atoms with van der Waals surface area (Å²) in [4.78, 5) is 10.9. The van der Waals surface area contributed by atoms with Crippen molar-refractivity contribution >= 4 is 23.2 Å². The second kappa shape index (κ2) is 7.62. The van der Waals surface area contributed by atoms with Crippen LogP contribution in [0.4, 0.5) is 11.6 Å². The third-order valence-electron chi connectivity index (χ3n) is 4.07. The van der Waals surface area contributed by atoms with Crippen LogP contribution in [0.25, 0.3) is 0 Å². The lowest BCUT2D eigenvalue weighted by atomic mass is 10.1. The first kappa shape index (κ1) is 16.0. The molecule has 1 saturated heterocycles. The molecule has 6 heteroatoms. The first-order valence-corrected chi connectivity index (χ1v) is 8.35. The molecule has 0 radical (unpaired) electrons. The zero-order valence-electron chi connectivity index (χ0n) is 13.0. The summed E-state index contributed by atoms with van der Waals surface area (Å²) < 4.78 is 0. The Morgan fingerprint density at radius 2 is 1.96 bits per heavy atom. The lowest BCUT2D eigenvalue weighted by molar-refractivity contribution is 0.191. The zero-order valence-corrected chi connectivity index (χ0v) is 13.7. The number of aromatic nitrogens is 2. The second-order valence-electron chi connectivity index (χ2n) is 5.73. The highest BCUT2D eigenvalue weighted by molar-refractivity contribution is 6.31. The number of piperidine rings is 1.